The molecule has 6 rings (SSSR count). The largest absolute Gasteiger partial charge is 0.497 e. The second-order valence-corrected chi connectivity index (χ2v) is 10.4. The Kier molecular flexibility index (Phi) is 4.99. The number of ether oxygens (including phenoxy) is 2. The lowest BCUT2D eigenvalue weighted by molar-refractivity contribution is -0.0697. The molecule has 4 aliphatic rings. The average molecular weight is 420 g/mol. The summed E-state index contributed by atoms with van der Waals surface area (Å²) in [5, 5.41) is 3.29. The van der Waals surface area contributed by atoms with Gasteiger partial charge in [-0.3, -0.25) is 4.79 Å². The molecule has 0 spiro atoms. The third-order valence-electron chi connectivity index (χ3n) is 8.08. The van der Waals surface area contributed by atoms with E-state index in [9.17, 15) is 4.79 Å². The van der Waals surface area contributed by atoms with Gasteiger partial charge in [-0.05, 0) is 85.8 Å². The molecule has 2 atom stereocenters. The topological polar surface area (TPSA) is 47.6 Å². The number of benzene rings is 2. The number of hydrogen-bond acceptors (Lipinski definition) is 3. The zero-order valence-corrected chi connectivity index (χ0v) is 18.9. The predicted octanol–water partition coefficient (Wildman–Crippen LogP) is 5.28. The fourth-order valence-corrected chi connectivity index (χ4v) is 7.21. The smallest absolute Gasteiger partial charge is 0.251 e. The van der Waals surface area contributed by atoms with Crippen LogP contribution in [-0.2, 0) is 5.41 Å². The van der Waals surface area contributed by atoms with Crippen molar-refractivity contribution in [2.75, 3.05) is 20.8 Å². The summed E-state index contributed by atoms with van der Waals surface area (Å²) in [6.07, 6.45) is 7.69. The molecule has 4 fully saturated rings. The summed E-state index contributed by atoms with van der Waals surface area (Å²) < 4.78 is 10.7. The standard InChI is InChI=1S/C27H33NO3/c1-18-4-6-22(7-5-18)27-14-19-8-20(15-27)13-26(12-19,16-27)17-28-25(29)21-9-23(30-2)11-24(10-21)31-3/h4-7,9-11,19-20H,8,12-17H2,1-3H3,(H,28,29). The Hall–Kier alpha value is -2.49. The van der Waals surface area contributed by atoms with Crippen molar-refractivity contribution in [2.45, 2.75) is 50.9 Å². The lowest BCUT2D eigenvalue weighted by Gasteiger charge is -2.62. The lowest BCUT2D eigenvalue weighted by atomic mass is 9.43. The van der Waals surface area contributed by atoms with Gasteiger partial charge in [0.15, 0.2) is 0 Å². The molecule has 0 heterocycles. The molecule has 4 saturated carbocycles. The van der Waals surface area contributed by atoms with E-state index in [0.29, 0.717) is 22.5 Å². The van der Waals surface area contributed by atoms with Gasteiger partial charge in [0.25, 0.3) is 5.91 Å². The van der Waals surface area contributed by atoms with Crippen molar-refractivity contribution < 1.29 is 14.3 Å². The zero-order valence-electron chi connectivity index (χ0n) is 18.9. The molecule has 4 heteroatoms. The summed E-state index contributed by atoms with van der Waals surface area (Å²) in [6, 6.07) is 14.6. The van der Waals surface area contributed by atoms with Crippen LogP contribution in [0.2, 0.25) is 0 Å². The van der Waals surface area contributed by atoms with Crippen LogP contribution in [0.25, 0.3) is 0 Å². The quantitative estimate of drug-likeness (QED) is 0.693. The molecular formula is C27H33NO3. The first-order valence-corrected chi connectivity index (χ1v) is 11.5. The molecule has 1 amide bonds. The van der Waals surface area contributed by atoms with Gasteiger partial charge in [0.1, 0.15) is 11.5 Å². The van der Waals surface area contributed by atoms with Crippen LogP contribution < -0.4 is 14.8 Å². The minimum absolute atomic E-state index is 0.0441. The Balaban J connectivity index is 1.36. The normalized spacial score (nSPS) is 30.8. The highest BCUT2D eigenvalue weighted by molar-refractivity contribution is 5.95. The molecule has 2 aromatic carbocycles. The first kappa shape index (κ1) is 20.4. The van der Waals surface area contributed by atoms with Crippen molar-refractivity contribution in [1.29, 1.82) is 0 Å². The van der Waals surface area contributed by atoms with Gasteiger partial charge in [0, 0.05) is 18.2 Å². The van der Waals surface area contributed by atoms with Gasteiger partial charge in [0.2, 0.25) is 0 Å². The summed E-state index contributed by atoms with van der Waals surface area (Å²) in [5.41, 5.74) is 3.94. The van der Waals surface area contributed by atoms with Gasteiger partial charge in [-0.1, -0.05) is 29.8 Å². The fourth-order valence-electron chi connectivity index (χ4n) is 7.21. The van der Waals surface area contributed by atoms with Crippen LogP contribution in [0, 0.1) is 24.2 Å². The van der Waals surface area contributed by atoms with Crippen molar-refractivity contribution in [1.82, 2.24) is 5.32 Å². The van der Waals surface area contributed by atoms with Crippen molar-refractivity contribution in [3.8, 4) is 11.5 Å². The SMILES string of the molecule is COc1cc(OC)cc(C(=O)NCC23CC4CC(C2)CC(c2ccc(C)cc2)(C4)C3)c1. The number of hydrogen-bond donors (Lipinski definition) is 1. The molecule has 2 unspecified atom stereocenters. The van der Waals surface area contributed by atoms with Crippen molar-refractivity contribution >= 4 is 5.91 Å². The lowest BCUT2D eigenvalue weighted by Crippen LogP contribution is -2.57. The fraction of sp³-hybridized carbons (Fsp3) is 0.519. The predicted molar refractivity (Wildman–Crippen MR) is 122 cm³/mol. The highest BCUT2D eigenvalue weighted by atomic mass is 16.5. The highest BCUT2D eigenvalue weighted by Gasteiger charge is 2.58. The van der Waals surface area contributed by atoms with Gasteiger partial charge >= 0.3 is 0 Å². The molecule has 31 heavy (non-hydrogen) atoms. The minimum atomic E-state index is -0.0441. The second kappa shape index (κ2) is 7.58. The van der Waals surface area contributed by atoms with Gasteiger partial charge in [-0.15, -0.1) is 0 Å². The maximum atomic E-state index is 13.0. The Morgan fingerprint density at radius 3 is 2.16 bits per heavy atom. The summed E-state index contributed by atoms with van der Waals surface area (Å²) in [7, 11) is 3.22. The number of amides is 1. The summed E-state index contributed by atoms with van der Waals surface area (Å²) in [4.78, 5) is 13.0. The molecule has 0 radical (unpaired) electrons. The number of carbonyl (C=O) groups excluding carboxylic acids is 1. The van der Waals surface area contributed by atoms with Crippen LogP contribution >= 0.6 is 0 Å². The van der Waals surface area contributed by atoms with E-state index in [1.165, 1.54) is 49.7 Å². The van der Waals surface area contributed by atoms with Crippen molar-refractivity contribution in [3.63, 3.8) is 0 Å². The number of methoxy groups -OCH3 is 2. The Bertz CT molecular complexity index is 944. The molecule has 4 aliphatic carbocycles. The van der Waals surface area contributed by atoms with Crippen LogP contribution in [0.1, 0.15) is 60.0 Å². The van der Waals surface area contributed by atoms with Crippen molar-refractivity contribution in [3.05, 3.63) is 59.2 Å². The average Bonchev–Trinajstić information content (AvgIpc) is 2.76. The maximum Gasteiger partial charge on any atom is 0.251 e. The molecule has 2 aromatic rings. The van der Waals surface area contributed by atoms with E-state index in [2.05, 4.69) is 36.5 Å². The number of aryl methyl sites for hydroxylation is 1. The molecule has 0 saturated heterocycles. The van der Waals surface area contributed by atoms with Gasteiger partial charge < -0.3 is 14.8 Å². The Morgan fingerprint density at radius 2 is 1.58 bits per heavy atom. The number of carbonyl (C=O) groups is 1. The summed E-state index contributed by atoms with van der Waals surface area (Å²) >= 11 is 0. The molecule has 0 aliphatic heterocycles. The molecule has 4 bridgehead atoms. The monoisotopic (exact) mass is 419 g/mol. The van der Waals surface area contributed by atoms with Crippen LogP contribution in [0.4, 0.5) is 0 Å². The molecule has 164 valence electrons. The van der Waals surface area contributed by atoms with Crippen LogP contribution in [0.5, 0.6) is 11.5 Å². The van der Waals surface area contributed by atoms with E-state index in [4.69, 9.17) is 9.47 Å². The minimum Gasteiger partial charge on any atom is -0.497 e. The summed E-state index contributed by atoms with van der Waals surface area (Å²) in [6.45, 7) is 2.92. The third-order valence-corrected chi connectivity index (χ3v) is 8.08. The van der Waals surface area contributed by atoms with Gasteiger partial charge in [0.05, 0.1) is 14.2 Å². The molecule has 4 nitrogen and oxygen atoms in total. The van der Waals surface area contributed by atoms with E-state index in [0.717, 1.165) is 18.4 Å². The van der Waals surface area contributed by atoms with Crippen molar-refractivity contribution in [2.24, 2.45) is 17.3 Å². The highest BCUT2D eigenvalue weighted by Crippen LogP contribution is 2.65. The molecule has 1 N–H and O–H groups in total. The van der Waals surface area contributed by atoms with Crippen LogP contribution in [0.15, 0.2) is 42.5 Å². The van der Waals surface area contributed by atoms with E-state index >= 15 is 0 Å². The Labute approximate surface area is 185 Å². The summed E-state index contributed by atoms with van der Waals surface area (Å²) in [5.74, 6) is 2.81. The first-order chi connectivity index (χ1) is 14.9. The zero-order chi connectivity index (χ0) is 21.6. The Morgan fingerprint density at radius 1 is 0.968 bits per heavy atom. The van der Waals surface area contributed by atoms with E-state index in [1.807, 2.05) is 0 Å². The number of rotatable bonds is 6. The van der Waals surface area contributed by atoms with E-state index in [-0.39, 0.29) is 11.3 Å². The first-order valence-electron chi connectivity index (χ1n) is 11.5. The van der Waals surface area contributed by atoms with E-state index < -0.39 is 0 Å². The van der Waals surface area contributed by atoms with E-state index in [1.54, 1.807) is 32.4 Å². The van der Waals surface area contributed by atoms with Crippen LogP contribution in [-0.4, -0.2) is 26.7 Å². The van der Waals surface area contributed by atoms with Gasteiger partial charge in [-0.2, -0.15) is 0 Å². The molecule has 0 aromatic heterocycles. The second-order valence-electron chi connectivity index (χ2n) is 10.4. The maximum absolute atomic E-state index is 13.0. The number of nitrogens with one attached hydrogen (secondary N) is 1. The third kappa shape index (κ3) is 3.71. The van der Waals surface area contributed by atoms with Crippen LogP contribution in [0.3, 0.4) is 0 Å². The van der Waals surface area contributed by atoms with Gasteiger partial charge in [-0.25, -0.2) is 0 Å². The molecular weight excluding hydrogens is 386 g/mol.